The highest BCUT2D eigenvalue weighted by molar-refractivity contribution is 6.01. The molecule has 2 aromatic heterocycles. The van der Waals surface area contributed by atoms with Gasteiger partial charge in [0, 0.05) is 23.1 Å². The molecule has 0 aliphatic heterocycles. The predicted molar refractivity (Wildman–Crippen MR) is 128 cm³/mol. The second-order valence-electron chi connectivity index (χ2n) is 7.78. The van der Waals surface area contributed by atoms with Crippen LogP contribution < -0.4 is 10.6 Å². The molecule has 0 unspecified atom stereocenters. The molecular formula is C25H25N5O3. The second kappa shape index (κ2) is 9.12. The molecule has 2 amide bonds. The number of carbonyl (C=O) groups is 2. The van der Waals surface area contributed by atoms with Crippen molar-refractivity contribution in [2.45, 2.75) is 27.7 Å². The van der Waals surface area contributed by atoms with Gasteiger partial charge in [-0.3, -0.25) is 0 Å². The van der Waals surface area contributed by atoms with E-state index in [1.165, 1.54) is 6.20 Å². The van der Waals surface area contributed by atoms with Crippen molar-refractivity contribution >= 4 is 29.0 Å². The van der Waals surface area contributed by atoms with Crippen molar-refractivity contribution in [1.29, 1.82) is 0 Å². The zero-order chi connectivity index (χ0) is 23.5. The van der Waals surface area contributed by atoms with E-state index in [4.69, 9.17) is 4.74 Å². The monoisotopic (exact) mass is 443 g/mol. The molecule has 0 saturated heterocycles. The molecule has 0 radical (unpaired) electrons. The quantitative estimate of drug-likeness (QED) is 0.416. The standard InChI is InChI=1S/C25H25N5O3/c1-5-33-24(31)20-14-27-30-21(9-10-26-23(20)30)18-7-6-8-19(13-18)28-25(32)29-22-16(3)11-15(2)12-17(22)4/h6-14H,5H2,1-4H3,(H2,28,29,32). The molecule has 33 heavy (non-hydrogen) atoms. The molecule has 4 aromatic rings. The van der Waals surface area contributed by atoms with Crippen molar-refractivity contribution in [2.24, 2.45) is 0 Å². The van der Waals surface area contributed by atoms with Gasteiger partial charge in [-0.25, -0.2) is 19.1 Å². The van der Waals surface area contributed by atoms with E-state index in [-0.39, 0.29) is 12.6 Å². The van der Waals surface area contributed by atoms with Gasteiger partial charge in [0.2, 0.25) is 0 Å². The van der Waals surface area contributed by atoms with E-state index in [1.807, 2.05) is 57.2 Å². The number of aryl methyl sites for hydroxylation is 3. The average molecular weight is 444 g/mol. The lowest BCUT2D eigenvalue weighted by Gasteiger charge is -2.14. The first kappa shape index (κ1) is 22.0. The first-order chi connectivity index (χ1) is 15.9. The lowest BCUT2D eigenvalue weighted by molar-refractivity contribution is 0.0528. The lowest BCUT2D eigenvalue weighted by atomic mass is 10.1. The van der Waals surface area contributed by atoms with Crippen molar-refractivity contribution in [3.8, 4) is 11.3 Å². The van der Waals surface area contributed by atoms with Gasteiger partial charge in [0.25, 0.3) is 0 Å². The maximum absolute atomic E-state index is 12.7. The maximum atomic E-state index is 12.7. The minimum Gasteiger partial charge on any atom is -0.462 e. The number of aromatic nitrogens is 3. The van der Waals surface area contributed by atoms with E-state index < -0.39 is 5.97 Å². The number of fused-ring (bicyclic) bond motifs is 1. The summed E-state index contributed by atoms with van der Waals surface area (Å²) in [6.45, 7) is 7.99. The fourth-order valence-electron chi connectivity index (χ4n) is 3.87. The Balaban J connectivity index is 1.59. The van der Waals surface area contributed by atoms with Gasteiger partial charge >= 0.3 is 12.0 Å². The minimum absolute atomic E-state index is 0.271. The second-order valence-corrected chi connectivity index (χ2v) is 7.78. The molecule has 2 aromatic carbocycles. The molecule has 8 heteroatoms. The molecule has 0 fully saturated rings. The number of urea groups is 1. The minimum atomic E-state index is -0.467. The highest BCUT2D eigenvalue weighted by Gasteiger charge is 2.17. The Morgan fingerprint density at radius 3 is 2.52 bits per heavy atom. The van der Waals surface area contributed by atoms with E-state index in [0.717, 1.165) is 33.6 Å². The predicted octanol–water partition coefficient (Wildman–Crippen LogP) is 5.14. The molecule has 4 rings (SSSR count). The number of nitrogens with one attached hydrogen (secondary N) is 2. The van der Waals surface area contributed by atoms with Crippen LogP contribution in [0.2, 0.25) is 0 Å². The van der Waals surface area contributed by atoms with Crippen LogP contribution in [0, 0.1) is 20.8 Å². The van der Waals surface area contributed by atoms with Gasteiger partial charge in [-0.15, -0.1) is 0 Å². The van der Waals surface area contributed by atoms with E-state index in [1.54, 1.807) is 23.7 Å². The molecule has 0 bridgehead atoms. The van der Waals surface area contributed by atoms with Gasteiger partial charge in [0.15, 0.2) is 5.65 Å². The summed E-state index contributed by atoms with van der Waals surface area (Å²) in [5.74, 6) is -0.467. The van der Waals surface area contributed by atoms with Crippen molar-refractivity contribution in [3.05, 3.63) is 77.1 Å². The lowest BCUT2D eigenvalue weighted by Crippen LogP contribution is -2.20. The fraction of sp³-hybridized carbons (Fsp3) is 0.200. The largest absolute Gasteiger partial charge is 0.462 e. The van der Waals surface area contributed by atoms with Crippen molar-refractivity contribution in [3.63, 3.8) is 0 Å². The van der Waals surface area contributed by atoms with Crippen LogP contribution in [0.3, 0.4) is 0 Å². The number of hydrogen-bond acceptors (Lipinski definition) is 5. The third-order valence-corrected chi connectivity index (χ3v) is 5.23. The van der Waals surface area contributed by atoms with Gasteiger partial charge < -0.3 is 15.4 Å². The van der Waals surface area contributed by atoms with E-state index in [2.05, 4.69) is 20.7 Å². The number of esters is 1. The zero-order valence-electron chi connectivity index (χ0n) is 19.0. The number of amides is 2. The average Bonchev–Trinajstić information content (AvgIpc) is 3.21. The van der Waals surface area contributed by atoms with Crippen LogP contribution in [0.4, 0.5) is 16.2 Å². The van der Waals surface area contributed by atoms with Crippen LogP contribution in [-0.4, -0.2) is 33.2 Å². The van der Waals surface area contributed by atoms with Crippen LogP contribution in [0.5, 0.6) is 0 Å². The Morgan fingerprint density at radius 1 is 1.03 bits per heavy atom. The number of ether oxygens (including phenoxy) is 1. The molecule has 0 saturated carbocycles. The molecule has 168 valence electrons. The first-order valence-electron chi connectivity index (χ1n) is 10.6. The van der Waals surface area contributed by atoms with Crippen molar-refractivity contribution in [1.82, 2.24) is 14.6 Å². The summed E-state index contributed by atoms with van der Waals surface area (Å²) in [5, 5.41) is 10.2. The summed E-state index contributed by atoms with van der Waals surface area (Å²) in [7, 11) is 0. The Morgan fingerprint density at radius 2 is 1.79 bits per heavy atom. The van der Waals surface area contributed by atoms with Gasteiger partial charge in [-0.05, 0) is 57.0 Å². The number of hydrogen-bond donors (Lipinski definition) is 2. The van der Waals surface area contributed by atoms with Crippen molar-refractivity contribution < 1.29 is 14.3 Å². The fourth-order valence-corrected chi connectivity index (χ4v) is 3.87. The van der Waals surface area contributed by atoms with Crippen LogP contribution in [-0.2, 0) is 4.74 Å². The van der Waals surface area contributed by atoms with Crippen LogP contribution in [0.25, 0.3) is 16.9 Å². The number of rotatable bonds is 5. The zero-order valence-corrected chi connectivity index (χ0v) is 19.0. The van der Waals surface area contributed by atoms with Crippen molar-refractivity contribution in [2.75, 3.05) is 17.2 Å². The molecule has 0 aliphatic carbocycles. The topological polar surface area (TPSA) is 97.6 Å². The molecular weight excluding hydrogens is 418 g/mol. The summed E-state index contributed by atoms with van der Waals surface area (Å²) in [4.78, 5) is 29.2. The third-order valence-electron chi connectivity index (χ3n) is 5.23. The van der Waals surface area contributed by atoms with E-state index >= 15 is 0 Å². The Hall–Kier alpha value is -4.20. The van der Waals surface area contributed by atoms with Crippen LogP contribution in [0.15, 0.2) is 54.9 Å². The molecule has 2 heterocycles. The third kappa shape index (κ3) is 4.55. The molecule has 2 N–H and O–H groups in total. The molecule has 0 atom stereocenters. The SMILES string of the molecule is CCOC(=O)c1cnn2c(-c3cccc(NC(=O)Nc4c(C)cc(C)cc4C)c3)ccnc12. The molecule has 8 nitrogen and oxygen atoms in total. The van der Waals surface area contributed by atoms with E-state index in [0.29, 0.717) is 16.9 Å². The number of anilines is 2. The molecule has 0 aliphatic rings. The van der Waals surface area contributed by atoms with Gasteiger partial charge in [-0.1, -0.05) is 29.8 Å². The van der Waals surface area contributed by atoms with E-state index in [9.17, 15) is 9.59 Å². The Kier molecular flexibility index (Phi) is 6.08. The summed E-state index contributed by atoms with van der Waals surface area (Å²) >= 11 is 0. The highest BCUT2D eigenvalue weighted by Crippen LogP contribution is 2.25. The Labute approximate surface area is 191 Å². The highest BCUT2D eigenvalue weighted by atomic mass is 16.5. The maximum Gasteiger partial charge on any atom is 0.343 e. The van der Waals surface area contributed by atoms with Gasteiger partial charge in [0.05, 0.1) is 18.5 Å². The number of benzene rings is 2. The summed E-state index contributed by atoms with van der Waals surface area (Å²) in [6.07, 6.45) is 3.07. The van der Waals surface area contributed by atoms with Crippen LogP contribution >= 0.6 is 0 Å². The summed E-state index contributed by atoms with van der Waals surface area (Å²) < 4.78 is 6.68. The summed E-state index contributed by atoms with van der Waals surface area (Å²) in [6, 6.07) is 12.9. The number of nitrogens with zero attached hydrogens (tertiary/aromatic N) is 3. The molecule has 0 spiro atoms. The van der Waals surface area contributed by atoms with Gasteiger partial charge in [-0.2, -0.15) is 5.10 Å². The number of carbonyl (C=O) groups excluding carboxylic acids is 2. The van der Waals surface area contributed by atoms with Crippen LogP contribution in [0.1, 0.15) is 34.0 Å². The normalized spacial score (nSPS) is 10.8. The van der Waals surface area contributed by atoms with Gasteiger partial charge in [0.1, 0.15) is 5.56 Å². The Bertz CT molecular complexity index is 1340. The summed E-state index contributed by atoms with van der Waals surface area (Å²) in [5.41, 5.74) is 6.83. The first-order valence-corrected chi connectivity index (χ1v) is 10.6. The smallest absolute Gasteiger partial charge is 0.343 e.